The van der Waals surface area contributed by atoms with Crippen molar-refractivity contribution in [2.45, 2.75) is 25.6 Å². The third-order valence-corrected chi connectivity index (χ3v) is 4.62. The summed E-state index contributed by atoms with van der Waals surface area (Å²) in [7, 11) is 0. The Hall–Kier alpha value is -0.250. The van der Waals surface area contributed by atoms with E-state index in [1.165, 1.54) is 6.07 Å². The summed E-state index contributed by atoms with van der Waals surface area (Å²) in [6.45, 7) is 5.16. The molecule has 0 aliphatic carbocycles. The maximum absolute atomic E-state index is 13.9. The fourth-order valence-electron chi connectivity index (χ4n) is 2.33. The SMILES string of the molecule is CCNC1c2cc(Cl)cc(F)c2CSCC1C. The fourth-order valence-corrected chi connectivity index (χ4v) is 3.74. The number of rotatable bonds is 2. The number of benzene rings is 1. The molecule has 0 radical (unpaired) electrons. The van der Waals surface area contributed by atoms with Gasteiger partial charge in [0, 0.05) is 22.4 Å². The van der Waals surface area contributed by atoms with Crippen molar-refractivity contribution in [2.75, 3.05) is 12.3 Å². The third-order valence-electron chi connectivity index (χ3n) is 3.15. The van der Waals surface area contributed by atoms with E-state index in [1.807, 2.05) is 6.07 Å². The minimum absolute atomic E-state index is 0.169. The lowest BCUT2D eigenvalue weighted by Crippen LogP contribution is -2.28. The van der Waals surface area contributed by atoms with Gasteiger partial charge in [-0.05, 0) is 35.9 Å². The largest absolute Gasteiger partial charge is 0.310 e. The molecule has 1 N–H and O–H groups in total. The molecule has 0 fully saturated rings. The van der Waals surface area contributed by atoms with Crippen LogP contribution in [0.2, 0.25) is 5.02 Å². The molecular weight excluding hydrogens is 257 g/mol. The maximum atomic E-state index is 13.9. The maximum Gasteiger partial charge on any atom is 0.129 e. The molecule has 4 heteroatoms. The summed E-state index contributed by atoms with van der Waals surface area (Å²) >= 11 is 7.77. The van der Waals surface area contributed by atoms with Crippen LogP contribution in [0.1, 0.15) is 31.0 Å². The average Bonchev–Trinajstić information content (AvgIpc) is 2.41. The molecule has 0 saturated heterocycles. The van der Waals surface area contributed by atoms with E-state index in [0.717, 1.165) is 29.2 Å². The van der Waals surface area contributed by atoms with E-state index in [9.17, 15) is 4.39 Å². The first-order chi connectivity index (χ1) is 8.13. The smallest absolute Gasteiger partial charge is 0.129 e. The monoisotopic (exact) mass is 273 g/mol. The van der Waals surface area contributed by atoms with Crippen LogP contribution in [0, 0.1) is 11.7 Å². The average molecular weight is 274 g/mol. The van der Waals surface area contributed by atoms with Gasteiger partial charge in [-0.25, -0.2) is 4.39 Å². The number of halogens is 2. The van der Waals surface area contributed by atoms with Crippen molar-refractivity contribution in [3.05, 3.63) is 34.1 Å². The summed E-state index contributed by atoms with van der Waals surface area (Å²) in [5.41, 5.74) is 1.85. The molecule has 17 heavy (non-hydrogen) atoms. The van der Waals surface area contributed by atoms with Crippen molar-refractivity contribution in [2.24, 2.45) is 5.92 Å². The molecule has 2 unspecified atom stereocenters. The summed E-state index contributed by atoms with van der Waals surface area (Å²) in [5.74, 6) is 2.10. The highest BCUT2D eigenvalue weighted by atomic mass is 35.5. The number of hydrogen-bond acceptors (Lipinski definition) is 2. The molecule has 2 atom stereocenters. The van der Waals surface area contributed by atoms with E-state index in [2.05, 4.69) is 19.2 Å². The Morgan fingerprint density at radius 2 is 2.29 bits per heavy atom. The molecule has 1 aromatic carbocycles. The summed E-state index contributed by atoms with van der Waals surface area (Å²) in [6, 6.07) is 3.54. The number of hydrogen-bond donors (Lipinski definition) is 1. The van der Waals surface area contributed by atoms with Gasteiger partial charge in [0.15, 0.2) is 0 Å². The van der Waals surface area contributed by atoms with Gasteiger partial charge in [0.1, 0.15) is 5.82 Å². The third kappa shape index (κ3) is 2.78. The predicted molar refractivity (Wildman–Crippen MR) is 73.2 cm³/mol. The van der Waals surface area contributed by atoms with Crippen LogP contribution in [0.3, 0.4) is 0 Å². The Bertz CT molecular complexity index is 411. The Labute approximate surface area is 111 Å². The second-order valence-electron chi connectivity index (χ2n) is 4.48. The molecular formula is C13H17ClFNS. The molecule has 0 aromatic heterocycles. The van der Waals surface area contributed by atoms with Gasteiger partial charge < -0.3 is 5.32 Å². The van der Waals surface area contributed by atoms with Crippen LogP contribution in [-0.2, 0) is 5.75 Å². The van der Waals surface area contributed by atoms with E-state index in [-0.39, 0.29) is 11.9 Å². The second kappa shape index (κ2) is 5.59. The molecule has 1 aliphatic rings. The molecule has 2 rings (SSSR count). The van der Waals surface area contributed by atoms with E-state index in [4.69, 9.17) is 11.6 Å². The summed E-state index contributed by atoms with van der Waals surface area (Å²) in [5, 5.41) is 3.94. The summed E-state index contributed by atoms with van der Waals surface area (Å²) < 4.78 is 13.9. The van der Waals surface area contributed by atoms with Crippen LogP contribution in [0.4, 0.5) is 4.39 Å². The standard InChI is InChI=1S/C13H17ClFNS/c1-3-16-13-8(2)6-17-7-11-10(13)4-9(14)5-12(11)15/h4-5,8,13,16H,3,6-7H2,1-2H3. The Morgan fingerprint density at radius 3 is 3.00 bits per heavy atom. The van der Waals surface area contributed by atoms with Gasteiger partial charge in [0.25, 0.3) is 0 Å². The molecule has 94 valence electrons. The van der Waals surface area contributed by atoms with Crippen LogP contribution in [0.15, 0.2) is 12.1 Å². The minimum atomic E-state index is -0.169. The lowest BCUT2D eigenvalue weighted by Gasteiger charge is -2.24. The van der Waals surface area contributed by atoms with Gasteiger partial charge >= 0.3 is 0 Å². The van der Waals surface area contributed by atoms with E-state index in [0.29, 0.717) is 10.9 Å². The topological polar surface area (TPSA) is 12.0 Å². The highest BCUT2D eigenvalue weighted by molar-refractivity contribution is 7.98. The Morgan fingerprint density at radius 1 is 1.53 bits per heavy atom. The van der Waals surface area contributed by atoms with Crippen LogP contribution >= 0.6 is 23.4 Å². The molecule has 0 spiro atoms. The first kappa shape index (κ1) is 13.2. The van der Waals surface area contributed by atoms with E-state index < -0.39 is 0 Å². The molecule has 1 aromatic rings. The van der Waals surface area contributed by atoms with Crippen LogP contribution in [0.5, 0.6) is 0 Å². The predicted octanol–water partition coefficient (Wildman–Crippen LogP) is 4.01. The Balaban J connectivity index is 2.48. The zero-order chi connectivity index (χ0) is 12.4. The normalized spacial score (nSPS) is 24.2. The number of nitrogens with one attached hydrogen (secondary N) is 1. The zero-order valence-corrected chi connectivity index (χ0v) is 11.7. The van der Waals surface area contributed by atoms with Crippen molar-refractivity contribution in [1.82, 2.24) is 5.32 Å². The molecule has 1 aliphatic heterocycles. The zero-order valence-electron chi connectivity index (χ0n) is 10.1. The lowest BCUT2D eigenvalue weighted by molar-refractivity contribution is 0.426. The molecule has 0 amide bonds. The molecule has 0 saturated carbocycles. The lowest BCUT2D eigenvalue weighted by atomic mass is 9.92. The highest BCUT2D eigenvalue weighted by Crippen LogP contribution is 2.37. The quantitative estimate of drug-likeness (QED) is 0.874. The number of thioether (sulfide) groups is 1. The fraction of sp³-hybridized carbons (Fsp3) is 0.538. The second-order valence-corrected chi connectivity index (χ2v) is 5.95. The number of fused-ring (bicyclic) bond motifs is 1. The molecule has 0 bridgehead atoms. The summed E-state index contributed by atoms with van der Waals surface area (Å²) in [6.07, 6.45) is 0. The van der Waals surface area contributed by atoms with Crippen LogP contribution < -0.4 is 5.32 Å². The van der Waals surface area contributed by atoms with Gasteiger partial charge in [-0.3, -0.25) is 0 Å². The van der Waals surface area contributed by atoms with E-state index in [1.54, 1.807) is 11.8 Å². The van der Waals surface area contributed by atoms with Gasteiger partial charge in [-0.15, -0.1) is 0 Å². The van der Waals surface area contributed by atoms with Gasteiger partial charge in [-0.2, -0.15) is 11.8 Å². The summed E-state index contributed by atoms with van der Waals surface area (Å²) in [4.78, 5) is 0. The van der Waals surface area contributed by atoms with Gasteiger partial charge in [-0.1, -0.05) is 25.4 Å². The van der Waals surface area contributed by atoms with Gasteiger partial charge in [0.2, 0.25) is 0 Å². The van der Waals surface area contributed by atoms with Crippen molar-refractivity contribution in [3.63, 3.8) is 0 Å². The minimum Gasteiger partial charge on any atom is -0.310 e. The van der Waals surface area contributed by atoms with Crippen molar-refractivity contribution in [3.8, 4) is 0 Å². The molecule has 1 nitrogen and oxygen atoms in total. The van der Waals surface area contributed by atoms with Crippen LogP contribution in [0.25, 0.3) is 0 Å². The molecule has 1 heterocycles. The first-order valence-corrected chi connectivity index (χ1v) is 7.45. The van der Waals surface area contributed by atoms with E-state index >= 15 is 0 Å². The first-order valence-electron chi connectivity index (χ1n) is 5.92. The van der Waals surface area contributed by atoms with Crippen LogP contribution in [-0.4, -0.2) is 12.3 Å². The van der Waals surface area contributed by atoms with Crippen molar-refractivity contribution >= 4 is 23.4 Å². The van der Waals surface area contributed by atoms with Gasteiger partial charge in [0.05, 0.1) is 0 Å². The van der Waals surface area contributed by atoms with Crippen molar-refractivity contribution in [1.29, 1.82) is 0 Å². The highest BCUT2D eigenvalue weighted by Gasteiger charge is 2.26. The Kier molecular flexibility index (Phi) is 4.34. The van der Waals surface area contributed by atoms with Crippen molar-refractivity contribution < 1.29 is 4.39 Å².